The van der Waals surface area contributed by atoms with Crippen molar-refractivity contribution < 1.29 is 13.9 Å². The lowest BCUT2D eigenvalue weighted by Gasteiger charge is -2.14. The van der Waals surface area contributed by atoms with E-state index in [2.05, 4.69) is 0 Å². The summed E-state index contributed by atoms with van der Waals surface area (Å²) < 4.78 is 25.5. The molecule has 90 valence electrons. The summed E-state index contributed by atoms with van der Waals surface area (Å²) in [5, 5.41) is 9.67. The second kappa shape index (κ2) is 5.92. The molecule has 0 aliphatic rings. The molecule has 1 N–H and O–H groups in total. The van der Waals surface area contributed by atoms with E-state index < -0.39 is 17.7 Å². The van der Waals surface area contributed by atoms with Crippen molar-refractivity contribution in [3.8, 4) is 0 Å². The van der Waals surface area contributed by atoms with Gasteiger partial charge < -0.3 is 10.0 Å². The highest BCUT2D eigenvalue weighted by atomic mass is 19.2. The van der Waals surface area contributed by atoms with Crippen LogP contribution in [-0.4, -0.2) is 36.8 Å². The molecule has 1 unspecified atom stereocenters. The maximum absolute atomic E-state index is 12.9. The second-order valence-corrected chi connectivity index (χ2v) is 4.20. The Kier molecular flexibility index (Phi) is 4.83. The number of hydrogen-bond acceptors (Lipinski definition) is 2. The molecule has 0 aliphatic heterocycles. The molecule has 0 saturated carbocycles. The molecule has 1 rings (SSSR count). The Bertz CT molecular complexity index is 342. The summed E-state index contributed by atoms with van der Waals surface area (Å²) in [7, 11) is 3.84. The Labute approximate surface area is 94.5 Å². The third-order valence-corrected chi connectivity index (χ3v) is 2.36. The average molecular weight is 229 g/mol. The summed E-state index contributed by atoms with van der Waals surface area (Å²) in [6.07, 6.45) is 0.448. The van der Waals surface area contributed by atoms with Gasteiger partial charge in [0.15, 0.2) is 11.6 Å². The minimum Gasteiger partial charge on any atom is -0.393 e. The molecule has 4 heteroatoms. The Morgan fingerprint density at radius 1 is 1.25 bits per heavy atom. The first kappa shape index (κ1) is 13.1. The van der Waals surface area contributed by atoms with Crippen LogP contribution in [0.1, 0.15) is 12.0 Å². The van der Waals surface area contributed by atoms with Gasteiger partial charge in [-0.2, -0.15) is 0 Å². The predicted molar refractivity (Wildman–Crippen MR) is 59.2 cm³/mol. The molecule has 0 saturated heterocycles. The minimum atomic E-state index is -0.864. The van der Waals surface area contributed by atoms with Gasteiger partial charge >= 0.3 is 0 Å². The van der Waals surface area contributed by atoms with Crippen LogP contribution < -0.4 is 0 Å². The molecular weight excluding hydrogens is 212 g/mol. The van der Waals surface area contributed by atoms with Crippen molar-refractivity contribution in [2.24, 2.45) is 0 Å². The molecule has 1 aromatic carbocycles. The number of halogens is 2. The summed E-state index contributed by atoms with van der Waals surface area (Å²) in [6, 6.07) is 3.72. The van der Waals surface area contributed by atoms with E-state index in [-0.39, 0.29) is 0 Å². The summed E-state index contributed by atoms with van der Waals surface area (Å²) in [5.74, 6) is -1.72. The van der Waals surface area contributed by atoms with Gasteiger partial charge in [-0.15, -0.1) is 0 Å². The molecule has 1 atom stereocenters. The van der Waals surface area contributed by atoms with Gasteiger partial charge in [0.1, 0.15) is 0 Å². The van der Waals surface area contributed by atoms with E-state index in [1.807, 2.05) is 19.0 Å². The average Bonchev–Trinajstić information content (AvgIpc) is 2.21. The van der Waals surface area contributed by atoms with Gasteiger partial charge in [-0.25, -0.2) is 8.78 Å². The molecule has 0 radical (unpaired) electrons. The van der Waals surface area contributed by atoms with Gasteiger partial charge in [-0.3, -0.25) is 0 Å². The van der Waals surface area contributed by atoms with Crippen molar-refractivity contribution in [3.63, 3.8) is 0 Å². The number of aliphatic hydroxyl groups excluding tert-OH is 1. The van der Waals surface area contributed by atoms with Crippen LogP contribution in [0.15, 0.2) is 18.2 Å². The van der Waals surface area contributed by atoms with E-state index >= 15 is 0 Å². The normalized spacial score (nSPS) is 13.1. The third-order valence-electron chi connectivity index (χ3n) is 2.36. The van der Waals surface area contributed by atoms with E-state index in [9.17, 15) is 13.9 Å². The van der Waals surface area contributed by atoms with Crippen LogP contribution >= 0.6 is 0 Å². The summed E-state index contributed by atoms with van der Waals surface area (Å²) >= 11 is 0. The maximum Gasteiger partial charge on any atom is 0.159 e. The number of aliphatic hydroxyl groups is 1. The van der Waals surface area contributed by atoms with Crippen LogP contribution in [0.3, 0.4) is 0 Å². The molecule has 0 amide bonds. The molecule has 0 bridgehead atoms. The molecular formula is C12H17F2NO. The molecule has 2 nitrogen and oxygen atoms in total. The van der Waals surface area contributed by atoms with Gasteiger partial charge in [0, 0.05) is 0 Å². The van der Waals surface area contributed by atoms with Crippen molar-refractivity contribution in [1.82, 2.24) is 4.90 Å². The summed E-state index contributed by atoms with van der Waals surface area (Å²) in [5.41, 5.74) is 0.616. The minimum absolute atomic E-state index is 0.352. The molecule has 1 aromatic rings. The summed E-state index contributed by atoms with van der Waals surface area (Å²) in [6.45, 7) is 0.769. The first-order valence-corrected chi connectivity index (χ1v) is 5.25. The Morgan fingerprint density at radius 3 is 2.50 bits per heavy atom. The van der Waals surface area contributed by atoms with Gasteiger partial charge in [0.05, 0.1) is 6.10 Å². The highest BCUT2D eigenvalue weighted by Crippen LogP contribution is 2.11. The van der Waals surface area contributed by atoms with Crippen LogP contribution in [0, 0.1) is 11.6 Å². The molecule has 0 heterocycles. The van der Waals surface area contributed by atoms with E-state index in [1.165, 1.54) is 6.07 Å². The quantitative estimate of drug-likeness (QED) is 0.832. The largest absolute Gasteiger partial charge is 0.393 e. The van der Waals surface area contributed by atoms with Crippen molar-refractivity contribution in [3.05, 3.63) is 35.4 Å². The zero-order chi connectivity index (χ0) is 12.1. The van der Waals surface area contributed by atoms with E-state index in [4.69, 9.17) is 0 Å². The monoisotopic (exact) mass is 229 g/mol. The van der Waals surface area contributed by atoms with Crippen molar-refractivity contribution >= 4 is 0 Å². The summed E-state index contributed by atoms with van der Waals surface area (Å²) in [4.78, 5) is 1.97. The van der Waals surface area contributed by atoms with Crippen molar-refractivity contribution in [2.75, 3.05) is 20.6 Å². The molecule has 0 fully saturated rings. The van der Waals surface area contributed by atoms with Crippen molar-refractivity contribution in [2.45, 2.75) is 18.9 Å². The maximum atomic E-state index is 12.9. The highest BCUT2D eigenvalue weighted by Gasteiger charge is 2.08. The third kappa shape index (κ3) is 4.24. The number of hydrogen-bond donors (Lipinski definition) is 1. The van der Waals surface area contributed by atoms with E-state index in [0.29, 0.717) is 18.4 Å². The number of benzene rings is 1. The fraction of sp³-hybridized carbons (Fsp3) is 0.500. The smallest absolute Gasteiger partial charge is 0.159 e. The molecule has 0 aliphatic carbocycles. The lowest BCUT2D eigenvalue weighted by Crippen LogP contribution is -2.20. The first-order chi connectivity index (χ1) is 7.49. The fourth-order valence-corrected chi connectivity index (χ4v) is 1.45. The van der Waals surface area contributed by atoms with Crippen LogP contribution in [0.2, 0.25) is 0 Å². The standard InChI is InChI=1S/C12H17F2NO/c1-15(2)6-5-10(16)7-9-3-4-11(13)12(14)8-9/h3-4,8,10,16H,5-7H2,1-2H3. The van der Waals surface area contributed by atoms with Crippen molar-refractivity contribution in [1.29, 1.82) is 0 Å². The Hall–Kier alpha value is -1.00. The van der Waals surface area contributed by atoms with Gasteiger partial charge in [0.25, 0.3) is 0 Å². The lowest BCUT2D eigenvalue weighted by molar-refractivity contribution is 0.152. The number of nitrogens with zero attached hydrogens (tertiary/aromatic N) is 1. The topological polar surface area (TPSA) is 23.5 Å². The number of rotatable bonds is 5. The van der Waals surface area contributed by atoms with E-state index in [1.54, 1.807) is 0 Å². The van der Waals surface area contributed by atoms with Crippen LogP contribution in [0.4, 0.5) is 8.78 Å². The zero-order valence-corrected chi connectivity index (χ0v) is 9.58. The predicted octanol–water partition coefficient (Wildman–Crippen LogP) is 1.82. The Morgan fingerprint density at radius 2 is 1.94 bits per heavy atom. The highest BCUT2D eigenvalue weighted by molar-refractivity contribution is 5.18. The first-order valence-electron chi connectivity index (χ1n) is 5.25. The molecule has 0 spiro atoms. The van der Waals surface area contributed by atoms with Crippen LogP contribution in [0.5, 0.6) is 0 Å². The van der Waals surface area contributed by atoms with Gasteiger partial charge in [-0.05, 0) is 51.2 Å². The SMILES string of the molecule is CN(C)CCC(O)Cc1ccc(F)c(F)c1. The zero-order valence-electron chi connectivity index (χ0n) is 9.58. The van der Waals surface area contributed by atoms with Crippen LogP contribution in [0.25, 0.3) is 0 Å². The molecule has 16 heavy (non-hydrogen) atoms. The van der Waals surface area contributed by atoms with E-state index in [0.717, 1.165) is 18.7 Å². The van der Waals surface area contributed by atoms with Crippen LogP contribution in [-0.2, 0) is 6.42 Å². The lowest BCUT2D eigenvalue weighted by atomic mass is 10.1. The second-order valence-electron chi connectivity index (χ2n) is 4.20. The van der Waals surface area contributed by atoms with Gasteiger partial charge in [-0.1, -0.05) is 6.07 Å². The van der Waals surface area contributed by atoms with Gasteiger partial charge in [0.2, 0.25) is 0 Å². The molecule has 0 aromatic heterocycles. The fourth-order valence-electron chi connectivity index (χ4n) is 1.45. The Balaban J connectivity index is 2.49.